The standard InChI is InChI=1S/C12H18F2N4O/c13-10(14)8-18-7-9(15)11(16-18)12(19)17-5-3-1-2-4-6-17/h7,10H,1-6,8,15H2. The Kier molecular flexibility index (Phi) is 4.34. The number of amides is 1. The predicted octanol–water partition coefficient (Wildman–Crippen LogP) is 1.75. The Labute approximate surface area is 110 Å². The van der Waals surface area contributed by atoms with Crippen molar-refractivity contribution in [1.29, 1.82) is 0 Å². The van der Waals surface area contributed by atoms with Gasteiger partial charge in [-0.3, -0.25) is 9.48 Å². The topological polar surface area (TPSA) is 64.2 Å². The summed E-state index contributed by atoms with van der Waals surface area (Å²) in [6.45, 7) is 0.817. The summed E-state index contributed by atoms with van der Waals surface area (Å²) >= 11 is 0. The molecule has 0 bridgehead atoms. The van der Waals surface area contributed by atoms with Gasteiger partial charge >= 0.3 is 0 Å². The minimum atomic E-state index is -2.51. The zero-order chi connectivity index (χ0) is 13.8. The maximum absolute atomic E-state index is 12.3. The maximum atomic E-state index is 12.3. The van der Waals surface area contributed by atoms with E-state index in [2.05, 4.69) is 5.10 Å². The third-order valence-corrected chi connectivity index (χ3v) is 3.21. The number of anilines is 1. The molecule has 2 heterocycles. The molecular weight excluding hydrogens is 254 g/mol. The van der Waals surface area contributed by atoms with Crippen molar-refractivity contribution in [3.8, 4) is 0 Å². The number of likely N-dealkylation sites (tertiary alicyclic amines) is 1. The quantitative estimate of drug-likeness (QED) is 0.911. The molecule has 5 nitrogen and oxygen atoms in total. The zero-order valence-corrected chi connectivity index (χ0v) is 10.7. The lowest BCUT2D eigenvalue weighted by molar-refractivity contribution is 0.0752. The molecule has 1 aliphatic heterocycles. The van der Waals surface area contributed by atoms with E-state index in [0.717, 1.165) is 30.4 Å². The van der Waals surface area contributed by atoms with Crippen molar-refractivity contribution >= 4 is 11.6 Å². The van der Waals surface area contributed by atoms with Gasteiger partial charge in [-0.15, -0.1) is 0 Å². The molecular formula is C12H18F2N4O. The summed E-state index contributed by atoms with van der Waals surface area (Å²) in [5, 5.41) is 3.88. The Hall–Kier alpha value is -1.66. The van der Waals surface area contributed by atoms with Crippen LogP contribution in [-0.2, 0) is 6.54 Å². The van der Waals surface area contributed by atoms with E-state index in [-0.39, 0.29) is 17.3 Å². The number of nitrogens with zero attached hydrogens (tertiary/aromatic N) is 3. The van der Waals surface area contributed by atoms with Crippen LogP contribution in [0.2, 0.25) is 0 Å². The molecule has 1 amide bonds. The molecule has 106 valence electrons. The van der Waals surface area contributed by atoms with Crippen LogP contribution in [0.3, 0.4) is 0 Å². The van der Waals surface area contributed by atoms with E-state index < -0.39 is 13.0 Å². The number of aromatic nitrogens is 2. The smallest absolute Gasteiger partial charge is 0.276 e. The van der Waals surface area contributed by atoms with Crippen LogP contribution < -0.4 is 5.73 Å². The molecule has 0 aliphatic carbocycles. The maximum Gasteiger partial charge on any atom is 0.276 e. The first-order valence-electron chi connectivity index (χ1n) is 6.48. The largest absolute Gasteiger partial charge is 0.396 e. The van der Waals surface area contributed by atoms with Crippen molar-refractivity contribution in [2.24, 2.45) is 0 Å². The lowest BCUT2D eigenvalue weighted by Crippen LogP contribution is -2.32. The fourth-order valence-electron chi connectivity index (χ4n) is 2.26. The van der Waals surface area contributed by atoms with Crippen molar-refractivity contribution in [2.45, 2.75) is 38.7 Å². The van der Waals surface area contributed by atoms with Crippen molar-refractivity contribution in [1.82, 2.24) is 14.7 Å². The highest BCUT2D eigenvalue weighted by Gasteiger charge is 2.22. The second kappa shape index (κ2) is 5.99. The van der Waals surface area contributed by atoms with Crippen LogP contribution >= 0.6 is 0 Å². The van der Waals surface area contributed by atoms with Crippen LogP contribution in [0.5, 0.6) is 0 Å². The minimum Gasteiger partial charge on any atom is -0.396 e. The molecule has 1 aliphatic rings. The Balaban J connectivity index is 2.11. The van der Waals surface area contributed by atoms with Crippen molar-refractivity contribution in [3.63, 3.8) is 0 Å². The van der Waals surface area contributed by atoms with E-state index in [1.54, 1.807) is 4.90 Å². The van der Waals surface area contributed by atoms with Gasteiger partial charge in [0.15, 0.2) is 5.69 Å². The van der Waals surface area contributed by atoms with Crippen molar-refractivity contribution in [3.05, 3.63) is 11.9 Å². The Morgan fingerprint density at radius 1 is 1.32 bits per heavy atom. The number of halogens is 2. The summed E-state index contributed by atoms with van der Waals surface area (Å²) in [4.78, 5) is 14.0. The molecule has 2 rings (SSSR count). The summed E-state index contributed by atoms with van der Waals surface area (Å²) < 4.78 is 25.6. The zero-order valence-electron chi connectivity index (χ0n) is 10.7. The van der Waals surface area contributed by atoms with Gasteiger partial charge in [-0.25, -0.2) is 8.78 Å². The third-order valence-electron chi connectivity index (χ3n) is 3.21. The van der Waals surface area contributed by atoms with Gasteiger partial charge in [-0.1, -0.05) is 12.8 Å². The molecule has 1 saturated heterocycles. The summed E-state index contributed by atoms with van der Waals surface area (Å²) in [5.74, 6) is -0.257. The number of alkyl halides is 2. The normalized spacial score (nSPS) is 16.7. The van der Waals surface area contributed by atoms with Gasteiger partial charge in [0.25, 0.3) is 12.3 Å². The Morgan fingerprint density at radius 2 is 1.95 bits per heavy atom. The molecule has 1 aromatic heterocycles. The second-order valence-electron chi connectivity index (χ2n) is 4.75. The average molecular weight is 272 g/mol. The first-order valence-corrected chi connectivity index (χ1v) is 6.48. The van der Waals surface area contributed by atoms with Crippen LogP contribution in [0.1, 0.15) is 36.2 Å². The summed E-state index contributed by atoms with van der Waals surface area (Å²) in [6.07, 6.45) is 2.92. The molecule has 1 fully saturated rings. The first-order chi connectivity index (χ1) is 9.08. The SMILES string of the molecule is Nc1cn(CC(F)F)nc1C(=O)N1CCCCCC1. The van der Waals surface area contributed by atoms with Gasteiger partial charge in [0.05, 0.1) is 5.69 Å². The number of rotatable bonds is 3. The minimum absolute atomic E-state index is 0.0857. The van der Waals surface area contributed by atoms with Gasteiger partial charge in [0, 0.05) is 19.3 Å². The predicted molar refractivity (Wildman–Crippen MR) is 67.0 cm³/mol. The summed E-state index contributed by atoms with van der Waals surface area (Å²) in [7, 11) is 0. The monoisotopic (exact) mass is 272 g/mol. The molecule has 0 unspecified atom stereocenters. The lowest BCUT2D eigenvalue weighted by atomic mass is 10.2. The van der Waals surface area contributed by atoms with Gasteiger partial charge in [-0.05, 0) is 12.8 Å². The molecule has 7 heteroatoms. The number of hydrogen-bond acceptors (Lipinski definition) is 3. The Bertz CT molecular complexity index is 439. The highest BCUT2D eigenvalue weighted by atomic mass is 19.3. The fourth-order valence-corrected chi connectivity index (χ4v) is 2.26. The van der Waals surface area contributed by atoms with Crippen molar-refractivity contribution in [2.75, 3.05) is 18.8 Å². The van der Waals surface area contributed by atoms with Crippen LogP contribution in [-0.4, -0.2) is 40.1 Å². The number of hydrogen-bond donors (Lipinski definition) is 1. The van der Waals surface area contributed by atoms with E-state index in [4.69, 9.17) is 5.73 Å². The van der Waals surface area contributed by atoms with E-state index >= 15 is 0 Å². The molecule has 0 radical (unpaired) electrons. The second-order valence-corrected chi connectivity index (χ2v) is 4.75. The molecule has 0 saturated carbocycles. The third kappa shape index (κ3) is 3.42. The summed E-state index contributed by atoms with van der Waals surface area (Å²) in [6, 6.07) is 0. The van der Waals surface area contributed by atoms with Crippen molar-refractivity contribution < 1.29 is 13.6 Å². The van der Waals surface area contributed by atoms with Crippen LogP contribution in [0.25, 0.3) is 0 Å². The van der Waals surface area contributed by atoms with Crippen LogP contribution in [0.15, 0.2) is 6.20 Å². The number of carbonyl (C=O) groups is 1. The first kappa shape index (κ1) is 13.8. The van der Waals surface area contributed by atoms with E-state index in [1.165, 1.54) is 6.20 Å². The van der Waals surface area contributed by atoms with E-state index in [9.17, 15) is 13.6 Å². The van der Waals surface area contributed by atoms with Crippen LogP contribution in [0, 0.1) is 0 Å². The van der Waals surface area contributed by atoms with E-state index in [1.807, 2.05) is 0 Å². The fraction of sp³-hybridized carbons (Fsp3) is 0.667. The van der Waals surface area contributed by atoms with Crippen LogP contribution in [0.4, 0.5) is 14.5 Å². The van der Waals surface area contributed by atoms with Gasteiger partial charge in [0.2, 0.25) is 0 Å². The molecule has 19 heavy (non-hydrogen) atoms. The molecule has 2 N–H and O–H groups in total. The summed E-state index contributed by atoms with van der Waals surface area (Å²) in [5.41, 5.74) is 5.94. The van der Waals surface area contributed by atoms with E-state index in [0.29, 0.717) is 13.1 Å². The number of nitrogens with two attached hydrogens (primary N) is 1. The molecule has 0 aromatic carbocycles. The highest BCUT2D eigenvalue weighted by molar-refractivity contribution is 5.97. The highest BCUT2D eigenvalue weighted by Crippen LogP contribution is 2.17. The number of nitrogen functional groups attached to an aromatic ring is 1. The van der Waals surface area contributed by atoms with Gasteiger partial charge < -0.3 is 10.6 Å². The Morgan fingerprint density at radius 3 is 2.53 bits per heavy atom. The molecule has 0 spiro atoms. The number of carbonyl (C=O) groups excluding carboxylic acids is 1. The lowest BCUT2D eigenvalue weighted by Gasteiger charge is -2.19. The van der Waals surface area contributed by atoms with Gasteiger partial charge in [-0.2, -0.15) is 5.10 Å². The average Bonchev–Trinajstić information content (AvgIpc) is 2.57. The molecule has 0 atom stereocenters. The molecule has 1 aromatic rings. The van der Waals surface area contributed by atoms with Gasteiger partial charge in [0.1, 0.15) is 6.54 Å².